The number of nitrogens with one attached hydrogen (secondary N) is 1. The van der Waals surface area contributed by atoms with Crippen LogP contribution in [-0.2, 0) is 9.47 Å². The van der Waals surface area contributed by atoms with Crippen molar-refractivity contribution in [1.29, 1.82) is 0 Å². The zero-order valence-corrected chi connectivity index (χ0v) is 12.0. The van der Waals surface area contributed by atoms with Crippen LogP contribution < -0.4 is 5.32 Å². The van der Waals surface area contributed by atoms with Crippen molar-refractivity contribution in [2.24, 2.45) is 5.92 Å². The molecule has 3 N–H and O–H groups in total. The van der Waals surface area contributed by atoms with Gasteiger partial charge in [0.05, 0.1) is 32.0 Å². The Morgan fingerprint density at radius 2 is 1.84 bits per heavy atom. The molecule has 114 valence electrons. The summed E-state index contributed by atoms with van der Waals surface area (Å²) in [7, 11) is 0. The van der Waals surface area contributed by atoms with E-state index in [4.69, 9.17) is 9.47 Å². The molecule has 0 saturated heterocycles. The Hall–Kier alpha value is -0.200. The van der Waals surface area contributed by atoms with Gasteiger partial charge < -0.3 is 25.0 Å². The first-order valence-corrected chi connectivity index (χ1v) is 7.44. The normalized spacial score (nSPS) is 25.4. The van der Waals surface area contributed by atoms with Gasteiger partial charge >= 0.3 is 0 Å². The van der Waals surface area contributed by atoms with Crippen molar-refractivity contribution in [2.75, 3.05) is 39.5 Å². The van der Waals surface area contributed by atoms with Crippen LogP contribution in [0.1, 0.15) is 32.6 Å². The molecule has 1 saturated carbocycles. The Morgan fingerprint density at radius 1 is 1.16 bits per heavy atom. The van der Waals surface area contributed by atoms with Gasteiger partial charge in [0.25, 0.3) is 0 Å². The van der Waals surface area contributed by atoms with E-state index < -0.39 is 6.10 Å². The van der Waals surface area contributed by atoms with Crippen molar-refractivity contribution >= 4 is 0 Å². The number of rotatable bonds is 10. The Bertz CT molecular complexity index is 208. The van der Waals surface area contributed by atoms with Gasteiger partial charge in [0, 0.05) is 13.2 Å². The molecule has 1 unspecified atom stereocenters. The molecule has 0 radical (unpaired) electrons. The molecule has 0 aromatic rings. The lowest BCUT2D eigenvalue weighted by Gasteiger charge is -2.25. The van der Waals surface area contributed by atoms with Crippen molar-refractivity contribution in [3.05, 3.63) is 0 Å². The fourth-order valence-corrected chi connectivity index (χ4v) is 2.34. The molecule has 1 rings (SSSR count). The maximum absolute atomic E-state index is 9.71. The lowest BCUT2D eigenvalue weighted by molar-refractivity contribution is 0.00600. The predicted molar refractivity (Wildman–Crippen MR) is 74.2 cm³/mol. The standard InChI is InChI=1S/C14H29NO4/c1-2-18-7-8-19-11-14(17)10-15-9-12-3-5-13(16)6-4-12/h12-17H,2-11H2,1H3. The highest BCUT2D eigenvalue weighted by molar-refractivity contribution is 4.73. The van der Waals surface area contributed by atoms with Crippen LogP contribution >= 0.6 is 0 Å². The molecule has 1 atom stereocenters. The lowest BCUT2D eigenvalue weighted by atomic mass is 9.87. The number of aliphatic hydroxyl groups excluding tert-OH is 2. The summed E-state index contributed by atoms with van der Waals surface area (Å²) < 4.78 is 10.4. The number of hydrogen-bond donors (Lipinski definition) is 3. The largest absolute Gasteiger partial charge is 0.393 e. The molecular weight excluding hydrogens is 246 g/mol. The van der Waals surface area contributed by atoms with E-state index >= 15 is 0 Å². The molecule has 5 heteroatoms. The van der Waals surface area contributed by atoms with Gasteiger partial charge in [-0.1, -0.05) is 0 Å². The van der Waals surface area contributed by atoms with E-state index in [1.165, 1.54) is 0 Å². The van der Waals surface area contributed by atoms with Crippen LogP contribution in [0.25, 0.3) is 0 Å². The Kier molecular flexibility index (Phi) is 9.38. The third-order valence-corrected chi connectivity index (χ3v) is 3.52. The van der Waals surface area contributed by atoms with Crippen LogP contribution in [0, 0.1) is 5.92 Å². The quantitative estimate of drug-likeness (QED) is 0.508. The van der Waals surface area contributed by atoms with Gasteiger partial charge in [-0.2, -0.15) is 0 Å². The van der Waals surface area contributed by atoms with Crippen LogP contribution in [-0.4, -0.2) is 61.9 Å². The average molecular weight is 275 g/mol. The smallest absolute Gasteiger partial charge is 0.0897 e. The summed E-state index contributed by atoms with van der Waals surface area (Å²) in [6.07, 6.45) is 3.42. The van der Waals surface area contributed by atoms with E-state index in [0.29, 0.717) is 38.9 Å². The van der Waals surface area contributed by atoms with Gasteiger partial charge in [-0.3, -0.25) is 0 Å². The van der Waals surface area contributed by atoms with Gasteiger partial charge in [0.1, 0.15) is 0 Å². The predicted octanol–water partition coefficient (Wildman–Crippen LogP) is 0.541. The molecule has 0 spiro atoms. The summed E-state index contributed by atoms with van der Waals surface area (Å²) in [5, 5.41) is 22.4. The maximum Gasteiger partial charge on any atom is 0.0897 e. The second kappa shape index (κ2) is 10.6. The zero-order chi connectivity index (χ0) is 13.9. The molecule has 0 amide bonds. The van der Waals surface area contributed by atoms with Crippen LogP contribution in [0.3, 0.4) is 0 Å². The molecule has 1 fully saturated rings. The van der Waals surface area contributed by atoms with E-state index in [1.54, 1.807) is 0 Å². The number of aliphatic hydroxyl groups is 2. The van der Waals surface area contributed by atoms with Crippen LogP contribution in [0.15, 0.2) is 0 Å². The van der Waals surface area contributed by atoms with Crippen molar-refractivity contribution in [1.82, 2.24) is 5.32 Å². The average Bonchev–Trinajstić information content (AvgIpc) is 2.41. The summed E-state index contributed by atoms with van der Waals surface area (Å²) in [6.45, 7) is 5.60. The van der Waals surface area contributed by atoms with Gasteiger partial charge in [-0.25, -0.2) is 0 Å². The minimum atomic E-state index is -0.462. The Morgan fingerprint density at radius 3 is 2.53 bits per heavy atom. The molecule has 0 aromatic carbocycles. The molecule has 1 aliphatic carbocycles. The van der Waals surface area contributed by atoms with Gasteiger partial charge in [-0.05, 0) is 45.1 Å². The highest BCUT2D eigenvalue weighted by Crippen LogP contribution is 2.23. The Labute approximate surface area is 116 Å². The number of ether oxygens (including phenoxy) is 2. The van der Waals surface area contributed by atoms with Crippen molar-refractivity contribution in [3.63, 3.8) is 0 Å². The van der Waals surface area contributed by atoms with E-state index in [2.05, 4.69) is 5.32 Å². The van der Waals surface area contributed by atoms with E-state index in [0.717, 1.165) is 32.2 Å². The molecule has 19 heavy (non-hydrogen) atoms. The molecular formula is C14H29NO4. The third kappa shape index (κ3) is 8.55. The minimum absolute atomic E-state index is 0.0967. The third-order valence-electron chi connectivity index (χ3n) is 3.52. The molecule has 5 nitrogen and oxygen atoms in total. The van der Waals surface area contributed by atoms with E-state index in [1.807, 2.05) is 6.92 Å². The summed E-state index contributed by atoms with van der Waals surface area (Å²) in [4.78, 5) is 0. The summed E-state index contributed by atoms with van der Waals surface area (Å²) in [5.74, 6) is 0.634. The van der Waals surface area contributed by atoms with Crippen LogP contribution in [0.5, 0.6) is 0 Å². The summed E-state index contributed by atoms with van der Waals surface area (Å²) in [5.41, 5.74) is 0. The second-order valence-corrected chi connectivity index (χ2v) is 5.26. The highest BCUT2D eigenvalue weighted by Gasteiger charge is 2.19. The van der Waals surface area contributed by atoms with E-state index in [-0.39, 0.29) is 6.10 Å². The van der Waals surface area contributed by atoms with E-state index in [9.17, 15) is 10.2 Å². The monoisotopic (exact) mass is 275 g/mol. The maximum atomic E-state index is 9.71. The lowest BCUT2D eigenvalue weighted by Crippen LogP contribution is -2.35. The Balaban J connectivity index is 1.90. The molecule has 0 heterocycles. The fourth-order valence-electron chi connectivity index (χ4n) is 2.34. The summed E-state index contributed by atoms with van der Waals surface area (Å²) >= 11 is 0. The first-order chi connectivity index (χ1) is 9.22. The zero-order valence-electron chi connectivity index (χ0n) is 12.0. The number of hydrogen-bond acceptors (Lipinski definition) is 5. The molecule has 0 aliphatic heterocycles. The van der Waals surface area contributed by atoms with Gasteiger partial charge in [-0.15, -0.1) is 0 Å². The molecule has 0 aromatic heterocycles. The molecule has 1 aliphatic rings. The van der Waals surface area contributed by atoms with Crippen molar-refractivity contribution in [2.45, 2.75) is 44.8 Å². The fraction of sp³-hybridized carbons (Fsp3) is 1.00. The first kappa shape index (κ1) is 16.9. The van der Waals surface area contributed by atoms with Gasteiger partial charge in [0.15, 0.2) is 0 Å². The van der Waals surface area contributed by atoms with Crippen LogP contribution in [0.2, 0.25) is 0 Å². The topological polar surface area (TPSA) is 71.0 Å². The van der Waals surface area contributed by atoms with Crippen LogP contribution in [0.4, 0.5) is 0 Å². The minimum Gasteiger partial charge on any atom is -0.393 e. The molecule has 0 bridgehead atoms. The highest BCUT2D eigenvalue weighted by atomic mass is 16.5. The van der Waals surface area contributed by atoms with Crippen molar-refractivity contribution < 1.29 is 19.7 Å². The first-order valence-electron chi connectivity index (χ1n) is 7.44. The van der Waals surface area contributed by atoms with Crippen molar-refractivity contribution in [3.8, 4) is 0 Å². The van der Waals surface area contributed by atoms with Gasteiger partial charge in [0.2, 0.25) is 0 Å². The SMILES string of the molecule is CCOCCOCC(O)CNCC1CCC(O)CC1. The second-order valence-electron chi connectivity index (χ2n) is 5.26. The summed E-state index contributed by atoms with van der Waals surface area (Å²) in [6, 6.07) is 0.